The lowest BCUT2D eigenvalue weighted by atomic mass is 10.1. The topological polar surface area (TPSA) is 80.3 Å². The molecule has 0 amide bonds. The van der Waals surface area contributed by atoms with Crippen molar-refractivity contribution in [2.45, 2.75) is 6.54 Å². The number of ether oxygens (including phenoxy) is 2. The van der Waals surface area contributed by atoms with E-state index in [1.807, 2.05) is 18.2 Å². The van der Waals surface area contributed by atoms with E-state index >= 15 is 0 Å². The number of aromatic nitrogens is 2. The molecule has 2 aromatic rings. The number of aliphatic hydroxyl groups excluding tert-OH is 1. The first-order chi connectivity index (χ1) is 9.73. The molecule has 0 fully saturated rings. The molecule has 0 saturated heterocycles. The molecule has 0 saturated carbocycles. The zero-order chi connectivity index (χ0) is 14.5. The lowest BCUT2D eigenvalue weighted by Crippen LogP contribution is -2.06. The van der Waals surface area contributed by atoms with Crippen molar-refractivity contribution in [3.05, 3.63) is 30.0 Å². The number of nitrogens with zero attached hydrogens (tertiary/aromatic N) is 3. The minimum absolute atomic E-state index is 0.0488. The highest BCUT2D eigenvalue weighted by Crippen LogP contribution is 2.32. The van der Waals surface area contributed by atoms with Crippen molar-refractivity contribution < 1.29 is 14.6 Å². The van der Waals surface area contributed by atoms with Gasteiger partial charge in [0.25, 0.3) is 0 Å². The maximum absolute atomic E-state index is 9.07. The smallest absolute Gasteiger partial charge is 0.163 e. The van der Waals surface area contributed by atoms with Gasteiger partial charge in [-0.05, 0) is 18.2 Å². The Balaban J connectivity index is 2.50. The zero-order valence-electron chi connectivity index (χ0n) is 11.3. The Morgan fingerprint density at radius 1 is 1.25 bits per heavy atom. The average molecular weight is 273 g/mol. The molecular formula is C14H15N3O3. The third-order valence-electron chi connectivity index (χ3n) is 2.89. The van der Waals surface area contributed by atoms with Gasteiger partial charge in [-0.25, -0.2) is 0 Å². The standard InChI is InChI=1S/C14H15N3O3/c1-19-13-4-3-10(7-14(13)20-2)12-8-11(9-15)16-17(12)5-6-18/h3-4,7-8,18H,5-6H2,1-2H3. The van der Waals surface area contributed by atoms with Crippen LogP contribution in [0.4, 0.5) is 0 Å². The maximum atomic E-state index is 9.07. The van der Waals surface area contributed by atoms with E-state index in [4.69, 9.17) is 19.8 Å². The minimum Gasteiger partial charge on any atom is -0.493 e. The molecule has 6 heteroatoms. The van der Waals surface area contributed by atoms with Crippen molar-refractivity contribution in [1.82, 2.24) is 9.78 Å². The van der Waals surface area contributed by atoms with Crippen LogP contribution in [0.25, 0.3) is 11.3 Å². The molecule has 0 spiro atoms. The van der Waals surface area contributed by atoms with E-state index in [9.17, 15) is 0 Å². The van der Waals surface area contributed by atoms with Gasteiger partial charge in [0.15, 0.2) is 17.2 Å². The number of aliphatic hydroxyl groups is 1. The SMILES string of the molecule is COc1ccc(-c2cc(C#N)nn2CCO)cc1OC. The molecular weight excluding hydrogens is 258 g/mol. The molecule has 1 N–H and O–H groups in total. The van der Waals surface area contributed by atoms with Gasteiger partial charge in [0.1, 0.15) is 6.07 Å². The highest BCUT2D eigenvalue weighted by molar-refractivity contribution is 5.65. The first-order valence-electron chi connectivity index (χ1n) is 6.04. The lowest BCUT2D eigenvalue weighted by Gasteiger charge is -2.10. The van der Waals surface area contributed by atoms with Crippen LogP contribution in [0.1, 0.15) is 5.69 Å². The molecule has 1 heterocycles. The number of hydrogen-bond acceptors (Lipinski definition) is 5. The monoisotopic (exact) mass is 273 g/mol. The largest absolute Gasteiger partial charge is 0.493 e. The molecule has 6 nitrogen and oxygen atoms in total. The summed E-state index contributed by atoms with van der Waals surface area (Å²) in [6.45, 7) is 0.276. The number of rotatable bonds is 5. The second-order valence-corrected chi connectivity index (χ2v) is 4.04. The zero-order valence-corrected chi connectivity index (χ0v) is 11.3. The number of nitriles is 1. The van der Waals surface area contributed by atoms with Gasteiger partial charge >= 0.3 is 0 Å². The number of hydrogen-bond donors (Lipinski definition) is 1. The van der Waals surface area contributed by atoms with Crippen LogP contribution in [0.3, 0.4) is 0 Å². The van der Waals surface area contributed by atoms with Crippen molar-refractivity contribution in [2.24, 2.45) is 0 Å². The average Bonchev–Trinajstić information content (AvgIpc) is 2.90. The summed E-state index contributed by atoms with van der Waals surface area (Å²) in [4.78, 5) is 0. The van der Waals surface area contributed by atoms with Gasteiger partial charge in [-0.2, -0.15) is 10.4 Å². The molecule has 0 aliphatic rings. The van der Waals surface area contributed by atoms with E-state index in [0.717, 1.165) is 11.3 Å². The van der Waals surface area contributed by atoms with Gasteiger partial charge in [0.05, 0.1) is 33.1 Å². The predicted molar refractivity (Wildman–Crippen MR) is 72.6 cm³/mol. The molecule has 0 unspecified atom stereocenters. The summed E-state index contributed by atoms with van der Waals surface area (Å²) < 4.78 is 12.1. The first-order valence-corrected chi connectivity index (χ1v) is 6.04. The number of benzene rings is 1. The van der Waals surface area contributed by atoms with Crippen LogP contribution in [0.15, 0.2) is 24.3 Å². The summed E-state index contributed by atoms with van der Waals surface area (Å²) in [5, 5.41) is 22.1. The normalized spacial score (nSPS) is 10.1. The molecule has 1 aromatic carbocycles. The second kappa shape index (κ2) is 6.08. The molecule has 0 aliphatic heterocycles. The highest BCUT2D eigenvalue weighted by atomic mass is 16.5. The van der Waals surface area contributed by atoms with E-state index in [-0.39, 0.29) is 6.61 Å². The Morgan fingerprint density at radius 2 is 2.00 bits per heavy atom. The fraction of sp³-hybridized carbons (Fsp3) is 0.286. The molecule has 0 aliphatic carbocycles. The van der Waals surface area contributed by atoms with Crippen LogP contribution in [-0.4, -0.2) is 35.7 Å². The fourth-order valence-corrected chi connectivity index (χ4v) is 1.96. The van der Waals surface area contributed by atoms with Gasteiger partial charge in [-0.1, -0.05) is 0 Å². The third kappa shape index (κ3) is 2.58. The van der Waals surface area contributed by atoms with Crippen molar-refractivity contribution in [2.75, 3.05) is 20.8 Å². The molecule has 0 atom stereocenters. The van der Waals surface area contributed by atoms with E-state index in [1.54, 1.807) is 31.0 Å². The molecule has 1 aromatic heterocycles. The van der Waals surface area contributed by atoms with Crippen LogP contribution in [0.5, 0.6) is 11.5 Å². The van der Waals surface area contributed by atoms with Gasteiger partial charge in [0.2, 0.25) is 0 Å². The van der Waals surface area contributed by atoms with Crippen molar-refractivity contribution in [1.29, 1.82) is 5.26 Å². The van der Waals surface area contributed by atoms with Crippen molar-refractivity contribution >= 4 is 0 Å². The van der Waals surface area contributed by atoms with Gasteiger partial charge in [-0.15, -0.1) is 0 Å². The minimum atomic E-state index is -0.0488. The molecule has 2 rings (SSSR count). The molecule has 20 heavy (non-hydrogen) atoms. The Morgan fingerprint density at radius 3 is 2.60 bits per heavy atom. The summed E-state index contributed by atoms with van der Waals surface area (Å²) in [5.41, 5.74) is 1.89. The Kier molecular flexibility index (Phi) is 4.23. The molecule has 104 valence electrons. The predicted octanol–water partition coefficient (Wildman–Crippen LogP) is 1.43. The summed E-state index contributed by atoms with van der Waals surface area (Å²) in [6, 6.07) is 9.13. The molecule has 0 bridgehead atoms. The van der Waals surface area contributed by atoms with Gasteiger partial charge in [-0.3, -0.25) is 4.68 Å². The lowest BCUT2D eigenvalue weighted by molar-refractivity contribution is 0.270. The van der Waals surface area contributed by atoms with Crippen LogP contribution >= 0.6 is 0 Å². The Hall–Kier alpha value is -2.52. The maximum Gasteiger partial charge on any atom is 0.163 e. The second-order valence-electron chi connectivity index (χ2n) is 4.04. The van der Waals surface area contributed by atoms with Crippen molar-refractivity contribution in [3.8, 4) is 28.8 Å². The van der Waals surface area contributed by atoms with E-state index in [2.05, 4.69) is 5.10 Å². The van der Waals surface area contributed by atoms with Crippen LogP contribution < -0.4 is 9.47 Å². The van der Waals surface area contributed by atoms with E-state index in [1.165, 1.54) is 0 Å². The first kappa shape index (κ1) is 13.9. The van der Waals surface area contributed by atoms with Crippen LogP contribution in [0.2, 0.25) is 0 Å². The van der Waals surface area contributed by atoms with Crippen molar-refractivity contribution in [3.63, 3.8) is 0 Å². The van der Waals surface area contributed by atoms with Gasteiger partial charge in [0, 0.05) is 11.6 Å². The summed E-state index contributed by atoms with van der Waals surface area (Å²) in [7, 11) is 3.13. The highest BCUT2D eigenvalue weighted by Gasteiger charge is 2.12. The van der Waals surface area contributed by atoms with E-state index in [0.29, 0.717) is 23.7 Å². The van der Waals surface area contributed by atoms with Crippen LogP contribution in [-0.2, 0) is 6.54 Å². The Bertz CT molecular complexity index is 644. The van der Waals surface area contributed by atoms with Gasteiger partial charge < -0.3 is 14.6 Å². The van der Waals surface area contributed by atoms with Crippen LogP contribution in [0, 0.1) is 11.3 Å². The van der Waals surface area contributed by atoms with E-state index < -0.39 is 0 Å². The fourth-order valence-electron chi connectivity index (χ4n) is 1.96. The summed E-state index contributed by atoms with van der Waals surface area (Å²) in [5.74, 6) is 1.23. The summed E-state index contributed by atoms with van der Waals surface area (Å²) >= 11 is 0. The number of methoxy groups -OCH3 is 2. The quantitative estimate of drug-likeness (QED) is 0.891. The third-order valence-corrected chi connectivity index (χ3v) is 2.89. The molecule has 0 radical (unpaired) electrons. The summed E-state index contributed by atoms with van der Waals surface area (Å²) in [6.07, 6.45) is 0. The Labute approximate surface area is 116 Å².